The average molecular weight is 504 g/mol. The second-order valence-electron chi connectivity index (χ2n) is 8.90. The minimum atomic E-state index is -0.547. The first-order chi connectivity index (χ1) is 16.1. The maximum atomic E-state index is 6.01. The molecular formula is C25H49N3O5S. The van der Waals surface area contributed by atoms with Gasteiger partial charge in [0.25, 0.3) is 0 Å². The van der Waals surface area contributed by atoms with Crippen molar-refractivity contribution < 1.29 is 23.7 Å². The molecule has 1 unspecified atom stereocenters. The van der Waals surface area contributed by atoms with Crippen LogP contribution in [0.1, 0.15) is 47.0 Å². The van der Waals surface area contributed by atoms with Gasteiger partial charge in [0.2, 0.25) is 0 Å². The molecule has 0 fully saturated rings. The number of rotatable bonds is 24. The molecule has 0 rings (SSSR count). The first kappa shape index (κ1) is 33.1. The Balaban J connectivity index is 4.17. The molecule has 0 radical (unpaired) electrons. The van der Waals surface area contributed by atoms with E-state index in [1.807, 2.05) is 33.0 Å². The SMILES string of the molecule is C=CCN(/C=C(/CC(C)(C)OCCC(C)(N)S)N=C)CCOCCOCCOCCOCCC. The van der Waals surface area contributed by atoms with Crippen molar-refractivity contribution in [1.29, 1.82) is 0 Å². The van der Waals surface area contributed by atoms with Gasteiger partial charge < -0.3 is 34.3 Å². The molecule has 0 aliphatic carbocycles. The van der Waals surface area contributed by atoms with Crippen LogP contribution in [-0.2, 0) is 23.7 Å². The monoisotopic (exact) mass is 503 g/mol. The minimum Gasteiger partial charge on any atom is -0.379 e. The van der Waals surface area contributed by atoms with Gasteiger partial charge in [0, 0.05) is 38.9 Å². The van der Waals surface area contributed by atoms with Crippen molar-refractivity contribution in [2.24, 2.45) is 10.7 Å². The zero-order chi connectivity index (χ0) is 25.7. The molecular weight excluding hydrogens is 454 g/mol. The number of nitrogens with zero attached hydrogens (tertiary/aromatic N) is 2. The summed E-state index contributed by atoms with van der Waals surface area (Å²) in [6, 6.07) is 0. The highest BCUT2D eigenvalue weighted by atomic mass is 32.1. The largest absolute Gasteiger partial charge is 0.379 e. The summed E-state index contributed by atoms with van der Waals surface area (Å²) in [6.45, 7) is 22.3. The molecule has 2 N–H and O–H groups in total. The van der Waals surface area contributed by atoms with E-state index in [2.05, 4.69) is 42.7 Å². The van der Waals surface area contributed by atoms with Crippen molar-refractivity contribution >= 4 is 19.3 Å². The van der Waals surface area contributed by atoms with Crippen LogP contribution in [0.4, 0.5) is 0 Å². The first-order valence-corrected chi connectivity index (χ1v) is 12.6. The Labute approximate surface area is 213 Å². The van der Waals surface area contributed by atoms with E-state index in [1.54, 1.807) is 0 Å². The van der Waals surface area contributed by atoms with Crippen molar-refractivity contribution in [3.05, 3.63) is 24.6 Å². The molecule has 34 heavy (non-hydrogen) atoms. The van der Waals surface area contributed by atoms with Crippen molar-refractivity contribution in [2.75, 3.05) is 72.6 Å². The molecule has 0 aliphatic heterocycles. The molecule has 0 aromatic heterocycles. The highest BCUT2D eigenvalue weighted by Crippen LogP contribution is 2.23. The molecule has 0 amide bonds. The summed E-state index contributed by atoms with van der Waals surface area (Å²) in [7, 11) is 0. The number of ether oxygens (including phenoxy) is 5. The Morgan fingerprint density at radius 2 is 1.47 bits per heavy atom. The van der Waals surface area contributed by atoms with Gasteiger partial charge in [-0.15, -0.1) is 6.58 Å². The summed E-state index contributed by atoms with van der Waals surface area (Å²) in [5.41, 5.74) is 6.36. The molecule has 0 heterocycles. The van der Waals surface area contributed by atoms with E-state index in [0.717, 1.165) is 18.7 Å². The number of aliphatic imine (C=N–C) groups is 1. The van der Waals surface area contributed by atoms with Gasteiger partial charge in [0.1, 0.15) is 0 Å². The standard InChI is InChI=1S/C25H49N3O5S/c1-7-10-28(11-14-30-16-18-32-20-19-31-17-15-29-12-8-2)22-23(27-6)21-24(3,4)33-13-9-25(5,26)34/h7,22,34H,1,6,8-21,26H2,2-5H3/b23-22-. The van der Waals surface area contributed by atoms with Gasteiger partial charge in [0.05, 0.1) is 62.4 Å². The number of thiol groups is 1. The van der Waals surface area contributed by atoms with Crippen LogP contribution < -0.4 is 5.73 Å². The third kappa shape index (κ3) is 21.6. The van der Waals surface area contributed by atoms with Crippen molar-refractivity contribution in [3.63, 3.8) is 0 Å². The second kappa shape index (κ2) is 20.3. The molecule has 0 aromatic rings. The lowest BCUT2D eigenvalue weighted by Gasteiger charge is -2.28. The highest BCUT2D eigenvalue weighted by molar-refractivity contribution is 7.81. The van der Waals surface area contributed by atoms with Gasteiger partial charge in [-0.3, -0.25) is 4.99 Å². The Kier molecular flexibility index (Phi) is 19.7. The molecule has 9 heteroatoms. The fourth-order valence-corrected chi connectivity index (χ4v) is 2.93. The Hall–Kier alpha value is -0.940. The van der Waals surface area contributed by atoms with E-state index in [1.165, 1.54) is 0 Å². The van der Waals surface area contributed by atoms with Crippen LogP contribution in [0, 0.1) is 0 Å². The van der Waals surface area contributed by atoms with Gasteiger partial charge in [-0.05, 0) is 40.3 Å². The van der Waals surface area contributed by atoms with E-state index >= 15 is 0 Å². The topological polar surface area (TPSA) is 87.8 Å². The summed E-state index contributed by atoms with van der Waals surface area (Å²) in [5.74, 6) is 0. The predicted molar refractivity (Wildman–Crippen MR) is 144 cm³/mol. The molecule has 0 bridgehead atoms. The normalized spacial score (nSPS) is 14.1. The molecule has 0 saturated carbocycles. The van der Waals surface area contributed by atoms with E-state index < -0.39 is 10.5 Å². The lowest BCUT2D eigenvalue weighted by atomic mass is 10.0. The molecule has 0 spiro atoms. The predicted octanol–water partition coefficient (Wildman–Crippen LogP) is 3.67. The first-order valence-electron chi connectivity index (χ1n) is 12.1. The molecule has 0 aliphatic rings. The smallest absolute Gasteiger partial charge is 0.0701 e. The molecule has 0 saturated heterocycles. The lowest BCUT2D eigenvalue weighted by Crippen LogP contribution is -2.33. The van der Waals surface area contributed by atoms with E-state index in [9.17, 15) is 0 Å². The van der Waals surface area contributed by atoms with Crippen molar-refractivity contribution in [3.8, 4) is 0 Å². The molecule has 200 valence electrons. The number of nitrogens with two attached hydrogens (primary N) is 1. The Bertz CT molecular complexity index is 553. The summed E-state index contributed by atoms with van der Waals surface area (Å²) in [4.78, 5) is 5.76. The van der Waals surface area contributed by atoms with Crippen LogP contribution in [0.3, 0.4) is 0 Å². The van der Waals surface area contributed by atoms with E-state index in [0.29, 0.717) is 78.8 Å². The second-order valence-corrected chi connectivity index (χ2v) is 9.93. The third-order valence-corrected chi connectivity index (χ3v) is 4.82. The Morgan fingerprint density at radius 3 is 1.94 bits per heavy atom. The van der Waals surface area contributed by atoms with Crippen LogP contribution in [0.2, 0.25) is 0 Å². The zero-order valence-corrected chi connectivity index (χ0v) is 22.8. The summed E-state index contributed by atoms with van der Waals surface area (Å²) >= 11 is 4.34. The highest BCUT2D eigenvalue weighted by Gasteiger charge is 2.22. The van der Waals surface area contributed by atoms with E-state index in [-0.39, 0.29) is 0 Å². The van der Waals surface area contributed by atoms with Crippen LogP contribution in [0.5, 0.6) is 0 Å². The number of hydrogen-bond donors (Lipinski definition) is 2. The fourth-order valence-electron chi connectivity index (χ4n) is 2.84. The summed E-state index contributed by atoms with van der Waals surface area (Å²) in [6.07, 6.45) is 6.15. The lowest BCUT2D eigenvalue weighted by molar-refractivity contribution is -0.0207. The third-order valence-electron chi connectivity index (χ3n) is 4.59. The Morgan fingerprint density at radius 1 is 0.941 bits per heavy atom. The van der Waals surface area contributed by atoms with Crippen LogP contribution in [0.25, 0.3) is 0 Å². The zero-order valence-electron chi connectivity index (χ0n) is 21.9. The minimum absolute atomic E-state index is 0.397. The van der Waals surface area contributed by atoms with Gasteiger partial charge in [-0.25, -0.2) is 0 Å². The summed E-state index contributed by atoms with van der Waals surface area (Å²) in [5, 5.41) is 0. The molecule has 1 atom stereocenters. The fraction of sp³-hybridized carbons (Fsp3) is 0.800. The van der Waals surface area contributed by atoms with Crippen molar-refractivity contribution in [2.45, 2.75) is 57.4 Å². The van der Waals surface area contributed by atoms with Crippen molar-refractivity contribution in [1.82, 2.24) is 4.90 Å². The van der Waals surface area contributed by atoms with Gasteiger partial charge in [-0.2, -0.15) is 12.6 Å². The van der Waals surface area contributed by atoms with Gasteiger partial charge in [0.15, 0.2) is 0 Å². The maximum Gasteiger partial charge on any atom is 0.0701 e. The quantitative estimate of drug-likeness (QED) is 0.0683. The number of hydrogen-bond acceptors (Lipinski definition) is 9. The van der Waals surface area contributed by atoms with E-state index in [4.69, 9.17) is 29.4 Å². The van der Waals surface area contributed by atoms with Crippen LogP contribution in [0.15, 0.2) is 29.5 Å². The van der Waals surface area contributed by atoms with Gasteiger partial charge >= 0.3 is 0 Å². The van der Waals surface area contributed by atoms with Gasteiger partial charge in [-0.1, -0.05) is 13.0 Å². The maximum absolute atomic E-state index is 6.01. The molecule has 0 aromatic carbocycles. The molecule has 8 nitrogen and oxygen atoms in total. The van der Waals surface area contributed by atoms with Crippen LogP contribution in [-0.4, -0.2) is 94.6 Å². The average Bonchev–Trinajstić information content (AvgIpc) is 2.75. The van der Waals surface area contributed by atoms with Crippen LogP contribution >= 0.6 is 12.6 Å². The summed E-state index contributed by atoms with van der Waals surface area (Å²) < 4.78 is 28.0.